The zero-order valence-electron chi connectivity index (χ0n) is 22.1. The van der Waals surface area contributed by atoms with Crippen LogP contribution in [0.1, 0.15) is 113 Å². The highest BCUT2D eigenvalue weighted by Crippen LogP contribution is 2.14. The lowest BCUT2D eigenvalue weighted by Crippen LogP contribution is -1.90. The molecule has 0 bridgehead atoms. The van der Waals surface area contributed by atoms with Gasteiger partial charge in [0.05, 0.1) is 0 Å². The van der Waals surface area contributed by atoms with Crippen LogP contribution in [-0.2, 0) is 4.89 Å². The van der Waals surface area contributed by atoms with E-state index in [4.69, 9.17) is 5.26 Å². The summed E-state index contributed by atoms with van der Waals surface area (Å²) in [6.07, 6.45) is 25.4. The minimum atomic E-state index is 0.301. The van der Waals surface area contributed by atoms with Gasteiger partial charge in [-0.3, -0.25) is 5.26 Å². The van der Waals surface area contributed by atoms with Gasteiger partial charge in [0.1, 0.15) is 6.61 Å². The van der Waals surface area contributed by atoms with Gasteiger partial charge in [0.25, 0.3) is 0 Å². The van der Waals surface area contributed by atoms with E-state index < -0.39 is 0 Å². The third-order valence-corrected chi connectivity index (χ3v) is 5.63. The first-order valence-electron chi connectivity index (χ1n) is 12.4. The van der Waals surface area contributed by atoms with Crippen LogP contribution in [0.4, 0.5) is 0 Å². The maximum atomic E-state index is 8.44. The second-order valence-corrected chi connectivity index (χ2v) is 9.54. The minimum Gasteiger partial charge on any atom is -0.251 e. The molecule has 32 heavy (non-hydrogen) atoms. The molecule has 0 aromatic rings. The number of hydrogen-bond acceptors (Lipinski definition) is 2. The molecule has 0 atom stereocenters. The molecule has 0 fully saturated rings. The van der Waals surface area contributed by atoms with Crippen LogP contribution in [0.25, 0.3) is 0 Å². The Balaban J connectivity index is 4.07. The summed E-state index contributed by atoms with van der Waals surface area (Å²) in [5, 5.41) is 8.44. The van der Waals surface area contributed by atoms with Crippen LogP contribution in [0, 0.1) is 0 Å². The van der Waals surface area contributed by atoms with E-state index >= 15 is 0 Å². The molecule has 0 saturated carbocycles. The van der Waals surface area contributed by atoms with E-state index in [9.17, 15) is 0 Å². The monoisotopic (exact) mass is 442 g/mol. The quantitative estimate of drug-likeness (QED) is 0.105. The van der Waals surface area contributed by atoms with Crippen LogP contribution in [0.2, 0.25) is 0 Å². The standard InChI is InChI=1S/C30H50O2/c1-25(2)14-10-17-28(5)20-11-18-26(3)15-8-9-16-27(4)19-12-21-29(6)22-13-23-30(7)24-32-31/h14-16,20-21,23,31H,8-13,17-19,22,24H2,1-7H3/b26-15+,27-16+,28-20-,29-21+,30-23+. The van der Waals surface area contributed by atoms with Crippen molar-refractivity contribution in [3.63, 3.8) is 0 Å². The van der Waals surface area contributed by atoms with Crippen molar-refractivity contribution in [2.45, 2.75) is 113 Å². The third kappa shape index (κ3) is 20.3. The highest BCUT2D eigenvalue weighted by molar-refractivity contribution is 5.08. The van der Waals surface area contributed by atoms with Crippen LogP contribution >= 0.6 is 0 Å². The van der Waals surface area contributed by atoms with Gasteiger partial charge in [0, 0.05) is 0 Å². The van der Waals surface area contributed by atoms with E-state index in [1.807, 2.05) is 6.92 Å². The van der Waals surface area contributed by atoms with Crippen molar-refractivity contribution in [3.05, 3.63) is 69.9 Å². The van der Waals surface area contributed by atoms with E-state index in [0.29, 0.717) is 6.61 Å². The molecule has 0 aliphatic heterocycles. The van der Waals surface area contributed by atoms with Gasteiger partial charge in [-0.05, 0) is 118 Å². The summed E-state index contributed by atoms with van der Waals surface area (Å²) in [6.45, 7) is 15.6. The number of unbranched alkanes of at least 4 members (excludes halogenated alkanes) is 1. The van der Waals surface area contributed by atoms with Gasteiger partial charge in [-0.1, -0.05) is 64.3 Å². The SMILES string of the molecule is CC(C)=CCC/C(C)=C\CC/C(C)=C/CC/C=C(\C)CC/C=C(\C)CC/C=C(\C)COO. The zero-order valence-corrected chi connectivity index (χ0v) is 22.1. The van der Waals surface area contributed by atoms with Crippen LogP contribution in [-0.4, -0.2) is 11.9 Å². The smallest absolute Gasteiger partial charge is 0.103 e. The Labute approximate surface area is 199 Å². The topological polar surface area (TPSA) is 29.5 Å². The van der Waals surface area contributed by atoms with Crippen LogP contribution in [0.15, 0.2) is 69.9 Å². The average molecular weight is 443 g/mol. The Morgan fingerprint density at radius 1 is 0.469 bits per heavy atom. The lowest BCUT2D eigenvalue weighted by atomic mass is 10.0. The summed E-state index contributed by atoms with van der Waals surface area (Å²) in [7, 11) is 0. The Bertz CT molecular complexity index is 680. The predicted molar refractivity (Wildman–Crippen MR) is 143 cm³/mol. The molecule has 0 unspecified atom stereocenters. The molecule has 0 aliphatic carbocycles. The summed E-state index contributed by atoms with van der Waals surface area (Å²) >= 11 is 0. The second-order valence-electron chi connectivity index (χ2n) is 9.54. The van der Waals surface area contributed by atoms with E-state index in [0.717, 1.165) is 50.5 Å². The fourth-order valence-electron chi connectivity index (χ4n) is 3.46. The van der Waals surface area contributed by atoms with Gasteiger partial charge in [-0.25, -0.2) is 4.89 Å². The second kappa shape index (κ2) is 20.0. The highest BCUT2D eigenvalue weighted by Gasteiger charge is 1.95. The van der Waals surface area contributed by atoms with E-state index in [2.05, 4.69) is 82.9 Å². The van der Waals surface area contributed by atoms with Gasteiger partial charge in [-0.2, -0.15) is 0 Å². The third-order valence-electron chi connectivity index (χ3n) is 5.63. The zero-order chi connectivity index (χ0) is 24.2. The molecule has 0 amide bonds. The largest absolute Gasteiger partial charge is 0.251 e. The molecule has 1 N–H and O–H groups in total. The summed E-state index contributed by atoms with van der Waals surface area (Å²) in [5.74, 6) is 0. The van der Waals surface area contributed by atoms with Gasteiger partial charge in [0.15, 0.2) is 0 Å². The molecule has 0 heterocycles. The Kier molecular flexibility index (Phi) is 19.0. The van der Waals surface area contributed by atoms with Crippen molar-refractivity contribution in [1.82, 2.24) is 0 Å². The van der Waals surface area contributed by atoms with Crippen LogP contribution in [0.3, 0.4) is 0 Å². The van der Waals surface area contributed by atoms with E-state index in [1.54, 1.807) is 0 Å². The first-order valence-corrected chi connectivity index (χ1v) is 12.4. The Morgan fingerprint density at radius 3 is 1.12 bits per heavy atom. The first-order chi connectivity index (χ1) is 15.2. The summed E-state index contributed by atoms with van der Waals surface area (Å²) in [5.41, 5.74) is 8.44. The molecule has 0 aliphatic rings. The molecular formula is C30H50O2. The van der Waals surface area contributed by atoms with Crippen LogP contribution < -0.4 is 0 Å². The van der Waals surface area contributed by atoms with Gasteiger partial charge >= 0.3 is 0 Å². The van der Waals surface area contributed by atoms with Gasteiger partial charge < -0.3 is 0 Å². The maximum absolute atomic E-state index is 8.44. The lowest BCUT2D eigenvalue weighted by Gasteiger charge is -2.03. The van der Waals surface area contributed by atoms with E-state index in [1.165, 1.54) is 47.1 Å². The van der Waals surface area contributed by atoms with Crippen molar-refractivity contribution >= 4 is 0 Å². The van der Waals surface area contributed by atoms with Crippen molar-refractivity contribution < 1.29 is 10.1 Å². The summed E-state index contributed by atoms with van der Waals surface area (Å²) < 4.78 is 0. The maximum Gasteiger partial charge on any atom is 0.103 e. The average Bonchev–Trinajstić information content (AvgIpc) is 2.71. The normalized spacial score (nSPS) is 14.2. The van der Waals surface area contributed by atoms with Crippen molar-refractivity contribution in [3.8, 4) is 0 Å². The summed E-state index contributed by atoms with van der Waals surface area (Å²) in [4.78, 5) is 4.15. The number of hydrogen-bond donors (Lipinski definition) is 1. The fourth-order valence-corrected chi connectivity index (χ4v) is 3.46. The van der Waals surface area contributed by atoms with Gasteiger partial charge in [0.2, 0.25) is 0 Å². The number of rotatable bonds is 17. The molecule has 0 spiro atoms. The van der Waals surface area contributed by atoms with Crippen LogP contribution in [0.5, 0.6) is 0 Å². The molecule has 0 saturated heterocycles. The lowest BCUT2D eigenvalue weighted by molar-refractivity contribution is -0.234. The molecule has 0 radical (unpaired) electrons. The van der Waals surface area contributed by atoms with Crippen molar-refractivity contribution in [1.29, 1.82) is 0 Å². The first kappa shape index (κ1) is 30.4. The molecule has 0 aromatic carbocycles. The number of allylic oxidation sites excluding steroid dienone is 11. The molecule has 0 rings (SSSR count). The fraction of sp³-hybridized carbons (Fsp3) is 0.600. The van der Waals surface area contributed by atoms with Crippen molar-refractivity contribution in [2.24, 2.45) is 0 Å². The van der Waals surface area contributed by atoms with E-state index in [-0.39, 0.29) is 0 Å². The summed E-state index contributed by atoms with van der Waals surface area (Å²) in [6, 6.07) is 0. The molecule has 2 nitrogen and oxygen atoms in total. The highest BCUT2D eigenvalue weighted by atomic mass is 17.1. The van der Waals surface area contributed by atoms with Gasteiger partial charge in [-0.15, -0.1) is 0 Å². The molecule has 0 aromatic heterocycles. The van der Waals surface area contributed by atoms with Crippen molar-refractivity contribution in [2.75, 3.05) is 6.61 Å². The molecule has 2 heteroatoms. The Morgan fingerprint density at radius 2 is 0.781 bits per heavy atom. The minimum absolute atomic E-state index is 0.301. The molecular weight excluding hydrogens is 392 g/mol. The molecule has 182 valence electrons. The predicted octanol–water partition coefficient (Wildman–Crippen LogP) is 10.1. The Hall–Kier alpha value is -1.64.